The maximum atomic E-state index is 12.1. The molecule has 3 rings (SSSR count). The second-order valence-corrected chi connectivity index (χ2v) is 7.65. The van der Waals surface area contributed by atoms with Crippen molar-refractivity contribution in [2.45, 2.75) is 12.8 Å². The second kappa shape index (κ2) is 10.6. The summed E-state index contributed by atoms with van der Waals surface area (Å²) in [6.07, 6.45) is 0.875. The number of methoxy groups -OCH3 is 1. The average Bonchev–Trinajstić information content (AvgIpc) is 3.15. The molecule has 0 saturated heterocycles. The molecule has 9 heteroatoms. The van der Waals surface area contributed by atoms with Gasteiger partial charge in [0, 0.05) is 22.6 Å². The number of aromatic nitrogens is 1. The Balaban J connectivity index is 1.41. The van der Waals surface area contributed by atoms with Crippen LogP contribution in [-0.2, 0) is 17.6 Å². The second-order valence-electron chi connectivity index (χ2n) is 6.36. The number of halogens is 1. The van der Waals surface area contributed by atoms with Gasteiger partial charge in [-0.1, -0.05) is 29.8 Å². The SMILES string of the molecule is COc1ccc(CCNC(=O)Cc2csc(NC(=O)Nc3cccc(Cl)c3)n2)cc1. The monoisotopic (exact) mass is 444 g/mol. The molecule has 0 aliphatic heterocycles. The number of carbonyl (C=O) groups excluding carboxylic acids is 2. The Morgan fingerprint density at radius 1 is 1.13 bits per heavy atom. The highest BCUT2D eigenvalue weighted by Crippen LogP contribution is 2.18. The predicted octanol–water partition coefficient (Wildman–Crippen LogP) is 4.35. The first-order valence-electron chi connectivity index (χ1n) is 9.19. The molecule has 0 saturated carbocycles. The summed E-state index contributed by atoms with van der Waals surface area (Å²) in [5.74, 6) is 0.681. The predicted molar refractivity (Wildman–Crippen MR) is 120 cm³/mol. The summed E-state index contributed by atoms with van der Waals surface area (Å²) >= 11 is 7.16. The lowest BCUT2D eigenvalue weighted by molar-refractivity contribution is -0.120. The van der Waals surface area contributed by atoms with Crippen LogP contribution in [0.1, 0.15) is 11.3 Å². The Bertz CT molecular complexity index is 1010. The Morgan fingerprint density at radius 2 is 1.93 bits per heavy atom. The third-order valence-electron chi connectivity index (χ3n) is 4.09. The summed E-state index contributed by atoms with van der Waals surface area (Å²) in [6, 6.07) is 14.1. The summed E-state index contributed by atoms with van der Waals surface area (Å²) in [5.41, 5.74) is 2.29. The molecular formula is C21H21ClN4O3S. The van der Waals surface area contributed by atoms with Crippen LogP contribution >= 0.6 is 22.9 Å². The van der Waals surface area contributed by atoms with E-state index >= 15 is 0 Å². The van der Waals surface area contributed by atoms with Crippen molar-refractivity contribution in [3.05, 3.63) is 70.2 Å². The van der Waals surface area contributed by atoms with E-state index in [1.165, 1.54) is 11.3 Å². The van der Waals surface area contributed by atoms with Crippen molar-refractivity contribution in [3.63, 3.8) is 0 Å². The lowest BCUT2D eigenvalue weighted by atomic mass is 10.1. The van der Waals surface area contributed by atoms with E-state index in [-0.39, 0.29) is 12.3 Å². The molecule has 0 aliphatic carbocycles. The van der Waals surface area contributed by atoms with Crippen LogP contribution in [0.2, 0.25) is 5.02 Å². The molecule has 2 aromatic carbocycles. The van der Waals surface area contributed by atoms with Crippen molar-refractivity contribution >= 4 is 45.7 Å². The van der Waals surface area contributed by atoms with Crippen molar-refractivity contribution in [1.29, 1.82) is 0 Å². The number of hydrogen-bond acceptors (Lipinski definition) is 5. The van der Waals surface area contributed by atoms with Crippen LogP contribution in [0.15, 0.2) is 53.9 Å². The third kappa shape index (κ3) is 6.75. The number of benzene rings is 2. The van der Waals surface area contributed by atoms with E-state index in [2.05, 4.69) is 20.9 Å². The van der Waals surface area contributed by atoms with Crippen molar-refractivity contribution in [1.82, 2.24) is 10.3 Å². The Hall–Kier alpha value is -3.10. The number of carbonyl (C=O) groups is 2. The zero-order valence-electron chi connectivity index (χ0n) is 16.3. The fraction of sp³-hybridized carbons (Fsp3) is 0.190. The molecule has 3 N–H and O–H groups in total. The largest absolute Gasteiger partial charge is 0.497 e. The van der Waals surface area contributed by atoms with Gasteiger partial charge in [0.1, 0.15) is 5.75 Å². The first kappa shape index (κ1) is 21.6. The number of anilines is 2. The standard InChI is InChI=1S/C21H21ClN4O3S/c1-29-18-7-5-14(6-8-18)9-10-23-19(27)12-17-13-30-21(25-17)26-20(28)24-16-4-2-3-15(22)11-16/h2-8,11,13H,9-10,12H2,1H3,(H,23,27)(H2,24,25,26,28). The third-order valence-corrected chi connectivity index (χ3v) is 5.13. The molecule has 0 spiro atoms. The topological polar surface area (TPSA) is 92.4 Å². The van der Waals surface area contributed by atoms with Gasteiger partial charge in [-0.15, -0.1) is 11.3 Å². The molecule has 3 amide bonds. The summed E-state index contributed by atoms with van der Waals surface area (Å²) in [4.78, 5) is 28.5. The molecular weight excluding hydrogens is 424 g/mol. The van der Waals surface area contributed by atoms with Crippen LogP contribution in [0.5, 0.6) is 5.75 Å². The van der Waals surface area contributed by atoms with Crippen molar-refractivity contribution in [2.24, 2.45) is 0 Å². The first-order valence-corrected chi connectivity index (χ1v) is 10.4. The quantitative estimate of drug-likeness (QED) is 0.481. The number of amides is 3. The normalized spacial score (nSPS) is 10.3. The summed E-state index contributed by atoms with van der Waals surface area (Å²) in [7, 11) is 1.63. The molecule has 30 heavy (non-hydrogen) atoms. The van der Waals surface area contributed by atoms with Gasteiger partial charge in [0.2, 0.25) is 5.91 Å². The van der Waals surface area contributed by atoms with Gasteiger partial charge in [-0.3, -0.25) is 10.1 Å². The number of urea groups is 1. The van der Waals surface area contributed by atoms with Crippen LogP contribution in [0, 0.1) is 0 Å². The van der Waals surface area contributed by atoms with Crippen LogP contribution in [0.3, 0.4) is 0 Å². The highest BCUT2D eigenvalue weighted by Gasteiger charge is 2.10. The smallest absolute Gasteiger partial charge is 0.325 e. The lowest BCUT2D eigenvalue weighted by Gasteiger charge is -2.06. The van der Waals surface area contributed by atoms with Crippen LogP contribution < -0.4 is 20.7 Å². The van der Waals surface area contributed by atoms with E-state index < -0.39 is 6.03 Å². The molecule has 1 aromatic heterocycles. The highest BCUT2D eigenvalue weighted by molar-refractivity contribution is 7.14. The minimum Gasteiger partial charge on any atom is -0.497 e. The van der Waals surface area contributed by atoms with Gasteiger partial charge in [0.25, 0.3) is 0 Å². The van der Waals surface area contributed by atoms with Gasteiger partial charge in [-0.25, -0.2) is 9.78 Å². The Kier molecular flexibility index (Phi) is 7.64. The zero-order valence-corrected chi connectivity index (χ0v) is 17.8. The number of rotatable bonds is 8. The average molecular weight is 445 g/mol. The van der Waals surface area contributed by atoms with Gasteiger partial charge in [0.05, 0.1) is 19.2 Å². The van der Waals surface area contributed by atoms with Crippen LogP contribution in [-0.4, -0.2) is 30.6 Å². The highest BCUT2D eigenvalue weighted by atomic mass is 35.5. The Labute approximate surface area is 183 Å². The number of nitrogens with one attached hydrogen (secondary N) is 3. The van der Waals surface area contributed by atoms with Gasteiger partial charge < -0.3 is 15.4 Å². The molecule has 7 nitrogen and oxygen atoms in total. The number of nitrogens with zero attached hydrogens (tertiary/aromatic N) is 1. The van der Waals surface area contributed by atoms with Crippen molar-refractivity contribution < 1.29 is 14.3 Å². The van der Waals surface area contributed by atoms with Gasteiger partial charge in [-0.05, 0) is 42.3 Å². The van der Waals surface area contributed by atoms with Gasteiger partial charge in [0.15, 0.2) is 5.13 Å². The van der Waals surface area contributed by atoms with Crippen LogP contribution in [0.4, 0.5) is 15.6 Å². The number of hydrogen-bond donors (Lipinski definition) is 3. The molecule has 0 atom stereocenters. The fourth-order valence-corrected chi connectivity index (χ4v) is 3.53. The molecule has 0 unspecified atom stereocenters. The molecule has 3 aromatic rings. The Morgan fingerprint density at radius 3 is 2.67 bits per heavy atom. The van der Waals surface area contributed by atoms with E-state index in [9.17, 15) is 9.59 Å². The minimum absolute atomic E-state index is 0.122. The zero-order chi connectivity index (χ0) is 21.3. The van der Waals surface area contributed by atoms with E-state index in [0.29, 0.717) is 28.1 Å². The molecule has 1 heterocycles. The van der Waals surface area contributed by atoms with Gasteiger partial charge in [-0.2, -0.15) is 0 Å². The van der Waals surface area contributed by atoms with E-state index in [0.717, 1.165) is 17.7 Å². The summed E-state index contributed by atoms with van der Waals surface area (Å²) in [5, 5.41) is 10.9. The molecule has 0 aliphatic rings. The summed E-state index contributed by atoms with van der Waals surface area (Å²) < 4.78 is 5.13. The van der Waals surface area contributed by atoms with E-state index in [4.69, 9.17) is 16.3 Å². The van der Waals surface area contributed by atoms with Crippen molar-refractivity contribution in [3.8, 4) is 5.75 Å². The van der Waals surface area contributed by atoms with E-state index in [1.807, 2.05) is 24.3 Å². The minimum atomic E-state index is -0.429. The summed E-state index contributed by atoms with van der Waals surface area (Å²) in [6.45, 7) is 0.530. The maximum Gasteiger partial charge on any atom is 0.325 e. The van der Waals surface area contributed by atoms with Gasteiger partial charge >= 0.3 is 6.03 Å². The molecule has 0 bridgehead atoms. The molecule has 0 fully saturated rings. The molecule has 156 valence electrons. The lowest BCUT2D eigenvalue weighted by Crippen LogP contribution is -2.27. The van der Waals surface area contributed by atoms with Crippen molar-refractivity contribution in [2.75, 3.05) is 24.3 Å². The molecule has 0 radical (unpaired) electrons. The maximum absolute atomic E-state index is 12.1. The number of thiazole rings is 1. The number of ether oxygens (including phenoxy) is 1. The van der Waals surface area contributed by atoms with E-state index in [1.54, 1.807) is 36.8 Å². The first-order chi connectivity index (χ1) is 14.5. The van der Waals surface area contributed by atoms with Crippen LogP contribution in [0.25, 0.3) is 0 Å². The fourth-order valence-electron chi connectivity index (χ4n) is 2.64.